The van der Waals surface area contributed by atoms with E-state index in [-0.39, 0.29) is 23.6 Å². The van der Waals surface area contributed by atoms with Crippen LogP contribution in [0.4, 0.5) is 17.1 Å². The Morgan fingerprint density at radius 1 is 0.976 bits per heavy atom. The first kappa shape index (κ1) is 29.0. The highest BCUT2D eigenvalue weighted by atomic mass is 79.9. The maximum atomic E-state index is 14.1. The number of rotatable bonds is 9. The summed E-state index contributed by atoms with van der Waals surface area (Å²) in [5, 5.41) is 11.2. The summed E-state index contributed by atoms with van der Waals surface area (Å²) in [6.07, 6.45) is 9.88. The zero-order valence-electron chi connectivity index (χ0n) is 23.6. The van der Waals surface area contributed by atoms with Crippen LogP contribution in [0.5, 0.6) is 5.75 Å². The van der Waals surface area contributed by atoms with Crippen molar-refractivity contribution >= 4 is 44.9 Å². The van der Waals surface area contributed by atoms with Crippen molar-refractivity contribution in [2.24, 2.45) is 0 Å². The van der Waals surface area contributed by atoms with E-state index in [2.05, 4.69) is 56.6 Å². The van der Waals surface area contributed by atoms with Crippen molar-refractivity contribution in [3.63, 3.8) is 0 Å². The summed E-state index contributed by atoms with van der Waals surface area (Å²) in [4.78, 5) is 28.1. The zero-order valence-corrected chi connectivity index (χ0v) is 25.2. The highest BCUT2D eigenvalue weighted by molar-refractivity contribution is 9.10. The molecule has 0 atom stereocenters. The Morgan fingerprint density at radius 3 is 2.34 bits per heavy atom. The summed E-state index contributed by atoms with van der Waals surface area (Å²) in [6.45, 7) is 1.91. The monoisotopic (exact) mass is 619 g/mol. The van der Waals surface area contributed by atoms with E-state index in [1.165, 1.54) is 57.3 Å². The number of amides is 1. The minimum Gasteiger partial charge on any atom is -0.496 e. The number of carboxylic acid groups (broad SMARTS) is 1. The van der Waals surface area contributed by atoms with Crippen LogP contribution in [0.1, 0.15) is 78.8 Å². The molecule has 2 aliphatic rings. The average molecular weight is 621 g/mol. The Bertz CT molecular complexity index is 1370. The number of carbonyl (C=O) groups is 2. The number of hydrogen-bond donors (Lipinski definition) is 2. The molecule has 1 saturated carbocycles. The predicted molar refractivity (Wildman–Crippen MR) is 167 cm³/mol. The fourth-order valence-electron chi connectivity index (χ4n) is 6.02. The maximum absolute atomic E-state index is 14.1. The van der Waals surface area contributed by atoms with Crippen LogP contribution in [0.3, 0.4) is 0 Å². The molecule has 216 valence electrons. The normalized spacial score (nSPS) is 15.8. The van der Waals surface area contributed by atoms with Gasteiger partial charge in [-0.25, -0.2) is 9.80 Å². The minimum absolute atomic E-state index is 0.0400. The van der Waals surface area contributed by atoms with Gasteiger partial charge in [0.2, 0.25) is 5.91 Å². The van der Waals surface area contributed by atoms with E-state index in [0.29, 0.717) is 16.0 Å². The van der Waals surface area contributed by atoms with Crippen molar-refractivity contribution in [1.82, 2.24) is 0 Å². The molecule has 7 nitrogen and oxygen atoms in total. The smallest absolute Gasteiger partial charge is 0.339 e. The number of anilines is 3. The van der Waals surface area contributed by atoms with Crippen LogP contribution in [-0.4, -0.2) is 37.2 Å². The number of hydrazine groups is 1. The van der Waals surface area contributed by atoms with Gasteiger partial charge in [-0.1, -0.05) is 59.5 Å². The summed E-state index contributed by atoms with van der Waals surface area (Å²) in [7, 11) is 1.43. The number of hydrogen-bond acceptors (Lipinski definition) is 5. The van der Waals surface area contributed by atoms with E-state index in [0.717, 1.165) is 43.0 Å². The molecule has 3 aromatic rings. The molecule has 1 heterocycles. The van der Waals surface area contributed by atoms with Gasteiger partial charge in [-0.05, 0) is 85.5 Å². The first-order valence-electron chi connectivity index (χ1n) is 14.6. The zero-order chi connectivity index (χ0) is 28.8. The molecule has 1 aliphatic carbocycles. The fourth-order valence-corrected chi connectivity index (χ4v) is 6.50. The first-order valence-corrected chi connectivity index (χ1v) is 15.4. The van der Waals surface area contributed by atoms with Crippen molar-refractivity contribution in [1.29, 1.82) is 0 Å². The lowest BCUT2D eigenvalue weighted by molar-refractivity contribution is -0.117. The number of nitrogens with one attached hydrogen (secondary N) is 1. The molecule has 0 radical (unpaired) electrons. The number of halogens is 1. The number of methoxy groups -OCH3 is 1. The van der Waals surface area contributed by atoms with Crippen LogP contribution >= 0.6 is 15.9 Å². The minimum atomic E-state index is -1.09. The summed E-state index contributed by atoms with van der Waals surface area (Å²) < 4.78 is 5.88. The summed E-state index contributed by atoms with van der Waals surface area (Å²) in [5.74, 6) is -0.431. The summed E-state index contributed by atoms with van der Waals surface area (Å²) >= 11 is 3.48. The van der Waals surface area contributed by atoms with Gasteiger partial charge in [0.05, 0.1) is 30.6 Å². The molecule has 2 fully saturated rings. The molecule has 41 heavy (non-hydrogen) atoms. The molecular formula is C33H38BrN3O4. The van der Waals surface area contributed by atoms with Gasteiger partial charge >= 0.3 is 5.97 Å². The van der Waals surface area contributed by atoms with Crippen molar-refractivity contribution in [3.05, 3.63) is 81.8 Å². The number of piperidine rings is 1. The number of nitrogens with zero attached hydrogens (tertiary/aromatic N) is 2. The Morgan fingerprint density at radius 2 is 1.66 bits per heavy atom. The number of aromatic carboxylic acids is 1. The molecule has 8 heteroatoms. The summed E-state index contributed by atoms with van der Waals surface area (Å²) in [6, 6.07) is 19.6. The lowest BCUT2D eigenvalue weighted by Gasteiger charge is -2.34. The van der Waals surface area contributed by atoms with Crippen LogP contribution < -0.4 is 20.1 Å². The van der Waals surface area contributed by atoms with E-state index in [4.69, 9.17) is 4.74 Å². The molecule has 0 aromatic heterocycles. The molecule has 2 N–H and O–H groups in total. The Hall–Kier alpha value is -3.52. The number of carbonyl (C=O) groups excluding carboxylic acids is 1. The van der Waals surface area contributed by atoms with Crippen LogP contribution in [-0.2, 0) is 11.2 Å². The van der Waals surface area contributed by atoms with Gasteiger partial charge in [0, 0.05) is 17.6 Å². The van der Waals surface area contributed by atoms with Gasteiger partial charge in [-0.15, -0.1) is 0 Å². The summed E-state index contributed by atoms with van der Waals surface area (Å²) in [5.41, 5.74) is 8.11. The Balaban J connectivity index is 1.47. The van der Waals surface area contributed by atoms with Crippen molar-refractivity contribution in [2.45, 2.75) is 63.7 Å². The lowest BCUT2D eigenvalue weighted by Crippen LogP contribution is -2.39. The molecule has 0 unspecified atom stereocenters. The number of ether oxygens (including phenoxy) is 1. The SMILES string of the molecule is COc1cc(CC(=O)N(Nc2ccc(C3CCCCC3)cc2)c2ccccc2N2CCCCC2)c(Br)cc1C(=O)O. The number of carboxylic acids is 1. The van der Waals surface area contributed by atoms with E-state index in [1.807, 2.05) is 18.2 Å². The van der Waals surface area contributed by atoms with Gasteiger partial charge in [-0.3, -0.25) is 10.2 Å². The molecule has 5 rings (SSSR count). The molecule has 3 aromatic carbocycles. The first-order chi connectivity index (χ1) is 19.9. The van der Waals surface area contributed by atoms with Crippen LogP contribution in [0, 0.1) is 0 Å². The van der Waals surface area contributed by atoms with E-state index in [1.54, 1.807) is 11.1 Å². The van der Waals surface area contributed by atoms with Crippen LogP contribution in [0.15, 0.2) is 65.1 Å². The van der Waals surface area contributed by atoms with Gasteiger partial charge in [0.25, 0.3) is 0 Å². The molecule has 1 saturated heterocycles. The second kappa shape index (κ2) is 13.4. The largest absolute Gasteiger partial charge is 0.496 e. The van der Waals surface area contributed by atoms with Gasteiger partial charge in [-0.2, -0.15) is 0 Å². The molecule has 0 bridgehead atoms. The third kappa shape index (κ3) is 6.87. The lowest BCUT2D eigenvalue weighted by atomic mass is 9.84. The molecule has 1 aliphatic heterocycles. The Labute approximate surface area is 250 Å². The quantitative estimate of drug-likeness (QED) is 0.238. The van der Waals surface area contributed by atoms with Crippen molar-refractivity contribution < 1.29 is 19.4 Å². The second-order valence-electron chi connectivity index (χ2n) is 11.0. The third-order valence-electron chi connectivity index (χ3n) is 8.24. The highest BCUT2D eigenvalue weighted by Gasteiger charge is 2.25. The molecule has 0 spiro atoms. The van der Waals surface area contributed by atoms with Crippen LogP contribution in [0.2, 0.25) is 0 Å². The van der Waals surface area contributed by atoms with Crippen molar-refractivity contribution in [3.8, 4) is 5.75 Å². The fraction of sp³-hybridized carbons (Fsp3) is 0.394. The number of benzene rings is 3. The molecule has 1 amide bonds. The van der Waals surface area contributed by atoms with Crippen LogP contribution in [0.25, 0.3) is 0 Å². The van der Waals surface area contributed by atoms with Gasteiger partial charge in [0.15, 0.2) is 0 Å². The Kier molecular flexibility index (Phi) is 9.49. The third-order valence-corrected chi connectivity index (χ3v) is 8.98. The standard InChI is InChI=1S/C33H38BrN3O4/c1-41-31-20-25(28(34)22-27(31)33(39)40)21-32(38)37(30-13-7-6-12-29(30)36-18-8-3-9-19-36)35-26-16-14-24(15-17-26)23-10-4-2-5-11-23/h6-7,12-17,20,22-23,35H,2-5,8-11,18-19,21H2,1H3,(H,39,40). The topological polar surface area (TPSA) is 82.1 Å². The van der Waals surface area contributed by atoms with E-state index in [9.17, 15) is 14.7 Å². The average Bonchev–Trinajstić information content (AvgIpc) is 3.01. The second-order valence-corrected chi connectivity index (χ2v) is 11.8. The highest BCUT2D eigenvalue weighted by Crippen LogP contribution is 2.35. The van der Waals surface area contributed by atoms with Crippen molar-refractivity contribution in [2.75, 3.05) is 35.5 Å². The number of para-hydroxylation sites is 2. The van der Waals surface area contributed by atoms with Gasteiger partial charge in [0.1, 0.15) is 11.3 Å². The van der Waals surface area contributed by atoms with Gasteiger partial charge < -0.3 is 14.7 Å². The van der Waals surface area contributed by atoms with E-state index < -0.39 is 5.97 Å². The molecular weight excluding hydrogens is 582 g/mol. The maximum Gasteiger partial charge on any atom is 0.339 e. The predicted octanol–water partition coefficient (Wildman–Crippen LogP) is 7.80. The van der Waals surface area contributed by atoms with E-state index >= 15 is 0 Å².